The minimum atomic E-state index is -1.18. The van der Waals surface area contributed by atoms with Crippen molar-refractivity contribution in [1.82, 2.24) is 34.3 Å². The fraction of sp³-hybridized carbons (Fsp3) is 0.350. The van der Waals surface area contributed by atoms with Gasteiger partial charge >= 0.3 is 0 Å². The molecule has 0 aromatic carbocycles. The molecule has 5 heterocycles. The van der Waals surface area contributed by atoms with E-state index in [4.69, 9.17) is 0 Å². The Balaban J connectivity index is 1.33. The quantitative estimate of drug-likeness (QED) is 0.512. The summed E-state index contributed by atoms with van der Waals surface area (Å²) in [6, 6.07) is 2.08. The van der Waals surface area contributed by atoms with Crippen molar-refractivity contribution in [2.45, 2.75) is 6.10 Å². The van der Waals surface area contributed by atoms with Gasteiger partial charge in [-0.3, -0.25) is 4.68 Å². The molecule has 1 saturated heterocycles. The summed E-state index contributed by atoms with van der Waals surface area (Å²) >= 11 is 0. The summed E-state index contributed by atoms with van der Waals surface area (Å²) in [6.45, 7) is 2.09. The van der Waals surface area contributed by atoms with Crippen LogP contribution in [-0.2, 0) is 7.05 Å². The maximum atomic E-state index is 12.6. The van der Waals surface area contributed by atoms with Gasteiger partial charge in [0.15, 0.2) is 5.82 Å². The Morgan fingerprint density at radius 3 is 2.39 bits per heavy atom. The van der Waals surface area contributed by atoms with Crippen LogP contribution in [0.1, 0.15) is 11.7 Å². The molecule has 10 nitrogen and oxygen atoms in total. The summed E-state index contributed by atoms with van der Waals surface area (Å²) in [7, 11) is 1.89. The molecule has 1 aliphatic heterocycles. The summed E-state index contributed by atoms with van der Waals surface area (Å²) in [5.41, 5.74) is 3.39. The van der Waals surface area contributed by atoms with Crippen LogP contribution in [-0.4, -0.2) is 72.3 Å². The molecule has 0 saturated carbocycles. The number of aliphatic hydroxyl groups excluding tert-OH is 1. The first-order chi connectivity index (χ1) is 15.1. The standard InChI is InChI=1S/C20H22FN9O/c1-27-11-16(10-25-27)14-6-17-19(24-13-26-30(17)12-14)28-2-4-29(5-3-28)20-22-8-15(9-23-20)18(31)7-21/h6,8-13,18,31H,2-5,7H2,1H3. The fourth-order valence-corrected chi connectivity index (χ4v) is 3.76. The van der Waals surface area contributed by atoms with E-state index in [-0.39, 0.29) is 0 Å². The second-order valence-electron chi connectivity index (χ2n) is 7.51. The molecule has 0 aliphatic carbocycles. The number of hydrogen-bond donors (Lipinski definition) is 1. The third-order valence-electron chi connectivity index (χ3n) is 5.47. The lowest BCUT2D eigenvalue weighted by Crippen LogP contribution is -2.47. The van der Waals surface area contributed by atoms with Gasteiger partial charge in [0.2, 0.25) is 5.95 Å². The van der Waals surface area contributed by atoms with Gasteiger partial charge in [-0.25, -0.2) is 23.9 Å². The molecule has 11 heteroatoms. The Hall–Kier alpha value is -3.60. The third-order valence-corrected chi connectivity index (χ3v) is 5.47. The van der Waals surface area contributed by atoms with Gasteiger partial charge in [0.05, 0.1) is 6.20 Å². The van der Waals surface area contributed by atoms with Crippen molar-refractivity contribution in [3.05, 3.63) is 48.9 Å². The van der Waals surface area contributed by atoms with Crippen molar-refractivity contribution >= 4 is 17.3 Å². The van der Waals surface area contributed by atoms with E-state index in [0.717, 1.165) is 48.6 Å². The van der Waals surface area contributed by atoms with Crippen molar-refractivity contribution in [2.24, 2.45) is 7.05 Å². The maximum Gasteiger partial charge on any atom is 0.225 e. The van der Waals surface area contributed by atoms with E-state index in [1.807, 2.05) is 30.2 Å². The molecule has 4 aromatic heterocycles. The van der Waals surface area contributed by atoms with Crippen LogP contribution in [0.25, 0.3) is 16.6 Å². The fourth-order valence-electron chi connectivity index (χ4n) is 3.76. The first-order valence-electron chi connectivity index (χ1n) is 10.0. The lowest BCUT2D eigenvalue weighted by atomic mass is 10.2. The summed E-state index contributed by atoms with van der Waals surface area (Å²) < 4.78 is 16.2. The largest absolute Gasteiger partial charge is 0.386 e. The molecule has 1 unspecified atom stereocenters. The second-order valence-corrected chi connectivity index (χ2v) is 7.51. The van der Waals surface area contributed by atoms with E-state index >= 15 is 0 Å². The molecule has 0 bridgehead atoms. The average molecular weight is 423 g/mol. The number of rotatable bonds is 5. The highest BCUT2D eigenvalue weighted by molar-refractivity contribution is 5.77. The second kappa shape index (κ2) is 7.91. The topological polar surface area (TPSA) is 100 Å². The summed E-state index contributed by atoms with van der Waals surface area (Å²) in [4.78, 5) is 17.4. The number of aliphatic hydroxyl groups is 1. The minimum Gasteiger partial charge on any atom is -0.386 e. The molecule has 1 aliphatic rings. The van der Waals surface area contributed by atoms with E-state index in [2.05, 4.69) is 41.0 Å². The van der Waals surface area contributed by atoms with Gasteiger partial charge in [-0.2, -0.15) is 10.2 Å². The predicted octanol–water partition coefficient (Wildman–Crippen LogP) is 1.25. The first-order valence-corrected chi connectivity index (χ1v) is 10.0. The Kier molecular flexibility index (Phi) is 4.94. The number of hydrogen-bond acceptors (Lipinski definition) is 8. The normalized spacial score (nSPS) is 15.6. The Morgan fingerprint density at radius 1 is 0.968 bits per heavy atom. The zero-order valence-corrected chi connectivity index (χ0v) is 17.0. The molecule has 1 atom stereocenters. The highest BCUT2D eigenvalue weighted by atomic mass is 19.1. The lowest BCUT2D eigenvalue weighted by molar-refractivity contribution is 0.141. The van der Waals surface area contributed by atoms with Crippen LogP contribution in [0, 0.1) is 0 Å². The van der Waals surface area contributed by atoms with Gasteiger partial charge in [0.1, 0.15) is 24.6 Å². The minimum absolute atomic E-state index is 0.380. The van der Waals surface area contributed by atoms with Gasteiger partial charge in [-0.05, 0) is 6.07 Å². The van der Waals surface area contributed by atoms with Crippen molar-refractivity contribution in [3.8, 4) is 11.1 Å². The smallest absolute Gasteiger partial charge is 0.225 e. The Morgan fingerprint density at radius 2 is 1.71 bits per heavy atom. The van der Waals surface area contributed by atoms with Crippen LogP contribution < -0.4 is 9.80 Å². The monoisotopic (exact) mass is 423 g/mol. The zero-order valence-electron chi connectivity index (χ0n) is 17.0. The van der Waals surface area contributed by atoms with Gasteiger partial charge in [-0.15, -0.1) is 0 Å². The van der Waals surface area contributed by atoms with Gasteiger partial charge in [-0.1, -0.05) is 0 Å². The maximum absolute atomic E-state index is 12.6. The summed E-state index contributed by atoms with van der Waals surface area (Å²) in [5.74, 6) is 1.45. The summed E-state index contributed by atoms with van der Waals surface area (Å²) in [5, 5.41) is 18.2. The number of anilines is 2. The molecule has 1 fully saturated rings. The van der Waals surface area contributed by atoms with Gasteiger partial charge in [0.25, 0.3) is 0 Å². The third kappa shape index (κ3) is 3.67. The van der Waals surface area contributed by atoms with Crippen molar-refractivity contribution in [2.75, 3.05) is 42.7 Å². The molecule has 0 spiro atoms. The van der Waals surface area contributed by atoms with E-state index in [1.54, 1.807) is 11.0 Å². The molecule has 0 amide bonds. The SMILES string of the molecule is Cn1cc(-c2cc3c(N4CCN(c5ncc(C(O)CF)cn5)CC4)ncnn3c2)cn1. The number of nitrogens with zero attached hydrogens (tertiary/aromatic N) is 9. The number of aromatic nitrogens is 7. The number of halogens is 1. The number of alkyl halides is 1. The number of piperazine rings is 1. The van der Waals surface area contributed by atoms with Crippen molar-refractivity contribution < 1.29 is 9.50 Å². The van der Waals surface area contributed by atoms with E-state index < -0.39 is 12.8 Å². The van der Waals surface area contributed by atoms with Crippen LogP contribution in [0.2, 0.25) is 0 Å². The average Bonchev–Trinajstić information content (AvgIpc) is 3.45. The predicted molar refractivity (Wildman–Crippen MR) is 113 cm³/mol. The van der Waals surface area contributed by atoms with Crippen molar-refractivity contribution in [1.29, 1.82) is 0 Å². The lowest BCUT2D eigenvalue weighted by Gasteiger charge is -2.35. The first kappa shape index (κ1) is 19.4. The number of aryl methyl sites for hydroxylation is 1. The van der Waals surface area contributed by atoms with E-state index in [0.29, 0.717) is 11.5 Å². The molecule has 160 valence electrons. The highest BCUT2D eigenvalue weighted by Crippen LogP contribution is 2.27. The van der Waals surface area contributed by atoms with Crippen LogP contribution in [0.15, 0.2) is 43.4 Å². The Bertz CT molecular complexity index is 1180. The molecule has 0 radical (unpaired) electrons. The molecular weight excluding hydrogens is 401 g/mol. The molecule has 4 aromatic rings. The highest BCUT2D eigenvalue weighted by Gasteiger charge is 2.22. The number of fused-ring (bicyclic) bond motifs is 1. The van der Waals surface area contributed by atoms with Crippen LogP contribution >= 0.6 is 0 Å². The zero-order chi connectivity index (χ0) is 21.4. The van der Waals surface area contributed by atoms with E-state index in [1.165, 1.54) is 12.4 Å². The molecule has 1 N–H and O–H groups in total. The van der Waals surface area contributed by atoms with Gasteiger partial charge in [0, 0.05) is 74.7 Å². The Labute approximate surface area is 177 Å². The molecule has 31 heavy (non-hydrogen) atoms. The molecular formula is C20H22FN9O. The van der Waals surface area contributed by atoms with E-state index in [9.17, 15) is 9.50 Å². The molecule has 5 rings (SSSR count). The summed E-state index contributed by atoms with van der Waals surface area (Å²) in [6.07, 6.45) is 9.14. The van der Waals surface area contributed by atoms with Crippen LogP contribution in [0.4, 0.5) is 16.2 Å². The van der Waals surface area contributed by atoms with Gasteiger partial charge < -0.3 is 14.9 Å². The van der Waals surface area contributed by atoms with Crippen molar-refractivity contribution in [3.63, 3.8) is 0 Å². The van der Waals surface area contributed by atoms with Crippen LogP contribution in [0.5, 0.6) is 0 Å². The van der Waals surface area contributed by atoms with Crippen LogP contribution in [0.3, 0.4) is 0 Å².